The molecule has 0 aliphatic rings. The zero-order valence-corrected chi connectivity index (χ0v) is 19.6. The van der Waals surface area contributed by atoms with E-state index in [2.05, 4.69) is 10.3 Å². The van der Waals surface area contributed by atoms with Crippen LogP contribution in [0.5, 0.6) is 0 Å². The highest BCUT2D eigenvalue weighted by atomic mass is 19.4. The number of esters is 1. The van der Waals surface area contributed by atoms with Gasteiger partial charge in [0.05, 0.1) is 40.2 Å². The van der Waals surface area contributed by atoms with Crippen LogP contribution in [-0.2, 0) is 17.1 Å². The van der Waals surface area contributed by atoms with Gasteiger partial charge in [-0.3, -0.25) is 4.79 Å². The molecule has 0 spiro atoms. The van der Waals surface area contributed by atoms with Crippen LogP contribution in [0.3, 0.4) is 0 Å². The molecule has 38 heavy (non-hydrogen) atoms. The number of amides is 1. The van der Waals surface area contributed by atoms with E-state index in [9.17, 15) is 35.9 Å². The number of rotatable bonds is 5. The van der Waals surface area contributed by atoms with Gasteiger partial charge in [-0.1, -0.05) is 18.2 Å². The van der Waals surface area contributed by atoms with E-state index in [0.717, 1.165) is 0 Å². The van der Waals surface area contributed by atoms with E-state index in [4.69, 9.17) is 4.74 Å². The van der Waals surface area contributed by atoms with Gasteiger partial charge in [0.25, 0.3) is 5.91 Å². The lowest BCUT2D eigenvalue weighted by molar-refractivity contribution is -0.143. The predicted molar refractivity (Wildman–Crippen MR) is 128 cm³/mol. The minimum Gasteiger partial charge on any atom is -0.462 e. The maximum atomic E-state index is 13.2. The number of alkyl halides is 6. The molecule has 4 rings (SSSR count). The highest BCUT2D eigenvalue weighted by Crippen LogP contribution is 2.38. The van der Waals surface area contributed by atoms with E-state index in [0.29, 0.717) is 17.5 Å². The van der Waals surface area contributed by atoms with E-state index in [1.54, 1.807) is 19.1 Å². The van der Waals surface area contributed by atoms with Crippen molar-refractivity contribution in [3.8, 4) is 11.3 Å². The van der Waals surface area contributed by atoms with Gasteiger partial charge in [0.2, 0.25) is 0 Å². The van der Waals surface area contributed by atoms with Crippen LogP contribution in [0, 0.1) is 0 Å². The number of benzene rings is 3. The van der Waals surface area contributed by atoms with Crippen LogP contribution in [0.15, 0.2) is 72.8 Å². The molecule has 0 radical (unpaired) electrons. The molecule has 3 aromatic carbocycles. The molecule has 1 heterocycles. The first kappa shape index (κ1) is 26.6. The quantitative estimate of drug-likeness (QED) is 0.215. The molecule has 0 unspecified atom stereocenters. The molecule has 0 bridgehead atoms. The zero-order valence-electron chi connectivity index (χ0n) is 19.6. The molecule has 0 aliphatic heterocycles. The van der Waals surface area contributed by atoms with Gasteiger partial charge in [0.1, 0.15) is 0 Å². The van der Waals surface area contributed by atoms with Crippen LogP contribution >= 0.6 is 0 Å². The zero-order chi connectivity index (χ0) is 27.7. The molecule has 4 aromatic rings. The minimum atomic E-state index is -4.99. The lowest BCUT2D eigenvalue weighted by atomic mass is 10.0. The number of nitrogens with one attached hydrogen (secondary N) is 1. The number of hydrogen-bond acceptors (Lipinski definition) is 4. The van der Waals surface area contributed by atoms with Crippen molar-refractivity contribution in [2.45, 2.75) is 19.3 Å². The Labute approximate surface area is 212 Å². The topological polar surface area (TPSA) is 68.3 Å². The number of halogens is 6. The number of nitrogens with zero attached hydrogens (tertiary/aromatic N) is 1. The fraction of sp³-hybridized carbons (Fsp3) is 0.148. The summed E-state index contributed by atoms with van der Waals surface area (Å²) in [6.45, 7) is 1.80. The van der Waals surface area contributed by atoms with Gasteiger partial charge < -0.3 is 10.1 Å². The number of carbonyl (C=O) groups is 2. The van der Waals surface area contributed by atoms with Crippen molar-refractivity contribution < 1.29 is 40.7 Å². The van der Waals surface area contributed by atoms with Crippen molar-refractivity contribution in [3.05, 3.63) is 95.1 Å². The first-order valence-corrected chi connectivity index (χ1v) is 11.1. The number of aromatic nitrogens is 1. The van der Waals surface area contributed by atoms with Gasteiger partial charge in [0, 0.05) is 16.5 Å². The van der Waals surface area contributed by atoms with Gasteiger partial charge in [-0.05, 0) is 61.5 Å². The molecule has 11 heteroatoms. The molecule has 1 amide bonds. The lowest BCUT2D eigenvalue weighted by Crippen LogP contribution is -2.15. The Balaban J connectivity index is 1.66. The van der Waals surface area contributed by atoms with Crippen molar-refractivity contribution in [1.29, 1.82) is 0 Å². The third kappa shape index (κ3) is 5.77. The highest BCUT2D eigenvalue weighted by Gasteiger charge is 2.37. The summed E-state index contributed by atoms with van der Waals surface area (Å²) in [6, 6.07) is 14.5. The van der Waals surface area contributed by atoms with Crippen molar-refractivity contribution >= 4 is 28.5 Å². The number of hydrogen-bond donors (Lipinski definition) is 1. The van der Waals surface area contributed by atoms with Crippen LogP contribution in [0.25, 0.3) is 22.2 Å². The summed E-state index contributed by atoms with van der Waals surface area (Å²) in [5.74, 6) is -1.16. The molecular formula is C27H18F6N2O3. The third-order valence-electron chi connectivity index (χ3n) is 5.51. The van der Waals surface area contributed by atoms with Gasteiger partial charge in [-0.25, -0.2) is 9.78 Å². The second-order valence-electron chi connectivity index (χ2n) is 8.12. The first-order chi connectivity index (χ1) is 17.9. The average Bonchev–Trinajstić information content (AvgIpc) is 2.87. The average molecular weight is 532 g/mol. The van der Waals surface area contributed by atoms with E-state index in [1.165, 1.54) is 42.5 Å². The summed E-state index contributed by atoms with van der Waals surface area (Å²) < 4.78 is 84.4. The smallest absolute Gasteiger partial charge is 0.416 e. The maximum absolute atomic E-state index is 13.2. The molecule has 1 aromatic heterocycles. The van der Waals surface area contributed by atoms with E-state index < -0.39 is 35.4 Å². The summed E-state index contributed by atoms with van der Waals surface area (Å²) in [5, 5.41) is 3.06. The monoisotopic (exact) mass is 532 g/mol. The molecular weight excluding hydrogens is 514 g/mol. The predicted octanol–water partition coefficient (Wildman–Crippen LogP) is 7.37. The second-order valence-corrected chi connectivity index (χ2v) is 8.12. The standard InChI is InChI=1S/C27H18F6N2O3/c1-2-38-25(37)20-5-3-4-6-23(20)35-24(36)16-8-10-21-15(11-16)7-9-22(34-21)17-12-18(26(28,29)30)14-19(13-17)27(31,32)33/h3-14H,2H2,1H3,(H,35,36). The summed E-state index contributed by atoms with van der Waals surface area (Å²) in [6.07, 6.45) is -9.97. The molecule has 0 fully saturated rings. The molecule has 196 valence electrons. The second kappa shape index (κ2) is 10.2. The number of fused-ring (bicyclic) bond motifs is 1. The fourth-order valence-corrected chi connectivity index (χ4v) is 3.70. The van der Waals surface area contributed by atoms with E-state index >= 15 is 0 Å². The Morgan fingerprint density at radius 3 is 2.13 bits per heavy atom. The molecule has 0 saturated heterocycles. The molecule has 5 nitrogen and oxygen atoms in total. The van der Waals surface area contributed by atoms with Crippen molar-refractivity contribution in [1.82, 2.24) is 4.98 Å². The van der Waals surface area contributed by atoms with Gasteiger partial charge in [-0.15, -0.1) is 0 Å². The normalized spacial score (nSPS) is 11.9. The SMILES string of the molecule is CCOC(=O)c1ccccc1NC(=O)c1ccc2nc(-c3cc(C(F)(F)F)cc(C(F)(F)F)c3)ccc2c1. The minimum absolute atomic E-state index is 0.0511. The Kier molecular flexibility index (Phi) is 7.12. The maximum Gasteiger partial charge on any atom is 0.416 e. The van der Waals surface area contributed by atoms with Gasteiger partial charge in [0.15, 0.2) is 0 Å². The Bertz CT molecular complexity index is 1500. The highest BCUT2D eigenvalue weighted by molar-refractivity contribution is 6.09. The van der Waals surface area contributed by atoms with Gasteiger partial charge in [-0.2, -0.15) is 26.3 Å². The first-order valence-electron chi connectivity index (χ1n) is 11.1. The number of para-hydroxylation sites is 1. The fourth-order valence-electron chi connectivity index (χ4n) is 3.70. The van der Waals surface area contributed by atoms with Crippen LogP contribution in [0.1, 0.15) is 38.8 Å². The summed E-state index contributed by atoms with van der Waals surface area (Å²) in [5.41, 5.74) is -2.52. The van der Waals surface area contributed by atoms with Crippen molar-refractivity contribution in [2.24, 2.45) is 0 Å². The number of carbonyl (C=O) groups excluding carboxylic acids is 2. The van der Waals surface area contributed by atoms with Crippen LogP contribution < -0.4 is 5.32 Å². The molecule has 0 saturated carbocycles. The number of anilines is 1. The van der Waals surface area contributed by atoms with Gasteiger partial charge >= 0.3 is 18.3 Å². The van der Waals surface area contributed by atoms with E-state index in [1.807, 2.05) is 0 Å². The lowest BCUT2D eigenvalue weighted by Gasteiger charge is -2.14. The summed E-state index contributed by atoms with van der Waals surface area (Å²) >= 11 is 0. The van der Waals surface area contributed by atoms with Crippen LogP contribution in [0.4, 0.5) is 32.0 Å². The molecule has 0 atom stereocenters. The van der Waals surface area contributed by atoms with Crippen molar-refractivity contribution in [2.75, 3.05) is 11.9 Å². The summed E-state index contributed by atoms with van der Waals surface area (Å²) in [4.78, 5) is 29.2. The van der Waals surface area contributed by atoms with Crippen LogP contribution in [-0.4, -0.2) is 23.5 Å². The van der Waals surface area contributed by atoms with E-state index in [-0.39, 0.29) is 46.3 Å². The number of ether oxygens (including phenoxy) is 1. The number of pyridine rings is 1. The van der Waals surface area contributed by atoms with Crippen LogP contribution in [0.2, 0.25) is 0 Å². The largest absolute Gasteiger partial charge is 0.462 e. The third-order valence-corrected chi connectivity index (χ3v) is 5.51. The Hall–Kier alpha value is -4.41. The van der Waals surface area contributed by atoms with Crippen molar-refractivity contribution in [3.63, 3.8) is 0 Å². The summed E-state index contributed by atoms with van der Waals surface area (Å²) in [7, 11) is 0. The molecule has 1 N–H and O–H groups in total. The molecule has 0 aliphatic carbocycles. The Morgan fingerprint density at radius 1 is 0.842 bits per heavy atom. The Morgan fingerprint density at radius 2 is 1.50 bits per heavy atom.